The molecule has 0 radical (unpaired) electrons. The number of hydrogen-bond acceptors (Lipinski definition) is 3. The first-order chi connectivity index (χ1) is 9.43. The van der Waals surface area contributed by atoms with Crippen molar-refractivity contribution in [2.75, 3.05) is 33.2 Å². The van der Waals surface area contributed by atoms with Gasteiger partial charge in [0.1, 0.15) is 0 Å². The molecule has 3 atom stereocenters. The maximum atomic E-state index is 3.77. The van der Waals surface area contributed by atoms with Crippen LogP contribution in [0.25, 0.3) is 0 Å². The van der Waals surface area contributed by atoms with E-state index in [4.69, 9.17) is 0 Å². The summed E-state index contributed by atoms with van der Waals surface area (Å²) in [5, 5.41) is 3.77. The smallest absolute Gasteiger partial charge is 0.0257 e. The predicted molar refractivity (Wildman–Crippen MR) is 87.2 cm³/mol. The molecule has 2 rings (SSSR count). The lowest BCUT2D eigenvalue weighted by Gasteiger charge is -2.48. The van der Waals surface area contributed by atoms with Gasteiger partial charge in [-0.2, -0.15) is 0 Å². The fourth-order valence-corrected chi connectivity index (χ4v) is 4.28. The topological polar surface area (TPSA) is 18.5 Å². The molecule has 2 fully saturated rings. The molecule has 1 aliphatic carbocycles. The van der Waals surface area contributed by atoms with E-state index >= 15 is 0 Å². The van der Waals surface area contributed by atoms with Gasteiger partial charge in [-0.1, -0.05) is 20.8 Å². The molecule has 3 unspecified atom stereocenters. The zero-order valence-corrected chi connectivity index (χ0v) is 14.3. The third-order valence-electron chi connectivity index (χ3n) is 5.35. The Bertz CT molecular complexity index is 303. The van der Waals surface area contributed by atoms with Gasteiger partial charge in [-0.25, -0.2) is 0 Å². The standard InChI is InChI=1S/C17H35N3/c1-6-18-15-8-9-17(3,4)12-16(15)20-11-7-10-19(5)13-14(20)2/h14-16,18H,6-13H2,1-5H3. The predicted octanol–water partition coefficient (Wildman–Crippen LogP) is 2.57. The van der Waals surface area contributed by atoms with E-state index in [0.29, 0.717) is 17.5 Å². The maximum absolute atomic E-state index is 3.77. The lowest BCUT2D eigenvalue weighted by Crippen LogP contribution is -2.57. The first kappa shape index (κ1) is 16.3. The summed E-state index contributed by atoms with van der Waals surface area (Å²) in [4.78, 5) is 5.32. The van der Waals surface area contributed by atoms with Crippen molar-refractivity contribution in [3.8, 4) is 0 Å². The highest BCUT2D eigenvalue weighted by Crippen LogP contribution is 2.38. The summed E-state index contributed by atoms with van der Waals surface area (Å²) in [6, 6.07) is 2.10. The van der Waals surface area contributed by atoms with Gasteiger partial charge in [-0.15, -0.1) is 0 Å². The molecule has 118 valence electrons. The maximum Gasteiger partial charge on any atom is 0.0257 e. The van der Waals surface area contributed by atoms with Gasteiger partial charge in [0.15, 0.2) is 0 Å². The third kappa shape index (κ3) is 3.96. The molecule has 0 aromatic heterocycles. The second-order valence-corrected chi connectivity index (χ2v) is 7.84. The van der Waals surface area contributed by atoms with Gasteiger partial charge in [0.2, 0.25) is 0 Å². The minimum Gasteiger partial charge on any atom is -0.313 e. The minimum absolute atomic E-state index is 0.508. The van der Waals surface area contributed by atoms with Crippen molar-refractivity contribution in [1.29, 1.82) is 0 Å². The SMILES string of the molecule is CCNC1CCC(C)(C)CC1N1CCCN(C)CC1C. The Balaban J connectivity index is 2.11. The number of hydrogen-bond donors (Lipinski definition) is 1. The van der Waals surface area contributed by atoms with Crippen LogP contribution in [0.1, 0.15) is 53.4 Å². The normalized spacial score (nSPS) is 36.8. The zero-order valence-electron chi connectivity index (χ0n) is 14.3. The third-order valence-corrected chi connectivity index (χ3v) is 5.35. The highest BCUT2D eigenvalue weighted by atomic mass is 15.3. The molecule has 1 heterocycles. The Kier molecular flexibility index (Phi) is 5.49. The highest BCUT2D eigenvalue weighted by molar-refractivity contribution is 4.96. The Morgan fingerprint density at radius 2 is 2.00 bits per heavy atom. The molecule has 20 heavy (non-hydrogen) atoms. The largest absolute Gasteiger partial charge is 0.313 e. The van der Waals surface area contributed by atoms with Crippen LogP contribution in [0.4, 0.5) is 0 Å². The molecule has 1 saturated carbocycles. The van der Waals surface area contributed by atoms with Gasteiger partial charge in [-0.3, -0.25) is 4.90 Å². The molecule has 0 amide bonds. The highest BCUT2D eigenvalue weighted by Gasteiger charge is 2.39. The molecule has 1 aliphatic heterocycles. The fraction of sp³-hybridized carbons (Fsp3) is 1.00. The number of nitrogens with zero attached hydrogens (tertiary/aromatic N) is 2. The number of likely N-dealkylation sites (N-methyl/N-ethyl adjacent to an activating group) is 2. The Labute approximate surface area is 126 Å². The van der Waals surface area contributed by atoms with Gasteiger partial charge in [0.05, 0.1) is 0 Å². The molecule has 1 N–H and O–H groups in total. The van der Waals surface area contributed by atoms with Crippen LogP contribution in [-0.4, -0.2) is 61.2 Å². The monoisotopic (exact) mass is 281 g/mol. The van der Waals surface area contributed by atoms with Crippen LogP contribution >= 0.6 is 0 Å². The van der Waals surface area contributed by atoms with Crippen molar-refractivity contribution in [1.82, 2.24) is 15.1 Å². The molecule has 3 heteroatoms. The molecule has 0 aromatic rings. The fourth-order valence-electron chi connectivity index (χ4n) is 4.28. The van der Waals surface area contributed by atoms with Gasteiger partial charge >= 0.3 is 0 Å². The first-order valence-electron chi connectivity index (χ1n) is 8.60. The van der Waals surface area contributed by atoms with E-state index in [0.717, 1.165) is 12.6 Å². The van der Waals surface area contributed by atoms with Crippen LogP contribution < -0.4 is 5.32 Å². The number of rotatable bonds is 3. The lowest BCUT2D eigenvalue weighted by atomic mass is 9.72. The summed E-state index contributed by atoms with van der Waals surface area (Å²) in [5.41, 5.74) is 0.508. The first-order valence-corrected chi connectivity index (χ1v) is 8.60. The number of nitrogens with one attached hydrogen (secondary N) is 1. The Morgan fingerprint density at radius 1 is 1.25 bits per heavy atom. The minimum atomic E-state index is 0.508. The van der Waals surface area contributed by atoms with E-state index in [9.17, 15) is 0 Å². The molecule has 0 spiro atoms. The summed E-state index contributed by atoms with van der Waals surface area (Å²) in [6.07, 6.45) is 5.36. The van der Waals surface area contributed by atoms with Crippen LogP contribution in [-0.2, 0) is 0 Å². The quantitative estimate of drug-likeness (QED) is 0.858. The second-order valence-electron chi connectivity index (χ2n) is 7.84. The van der Waals surface area contributed by atoms with Crippen LogP contribution in [0.2, 0.25) is 0 Å². The van der Waals surface area contributed by atoms with Crippen LogP contribution in [0.15, 0.2) is 0 Å². The van der Waals surface area contributed by atoms with Crippen molar-refractivity contribution < 1.29 is 0 Å². The second kappa shape index (κ2) is 6.76. The zero-order chi connectivity index (χ0) is 14.8. The van der Waals surface area contributed by atoms with Crippen molar-refractivity contribution >= 4 is 0 Å². The van der Waals surface area contributed by atoms with Crippen molar-refractivity contribution in [2.45, 2.75) is 71.5 Å². The van der Waals surface area contributed by atoms with E-state index in [1.165, 1.54) is 45.3 Å². The summed E-state index contributed by atoms with van der Waals surface area (Å²) in [5.74, 6) is 0. The molecule has 0 aromatic carbocycles. The average molecular weight is 281 g/mol. The van der Waals surface area contributed by atoms with Gasteiger partial charge in [-0.05, 0) is 58.2 Å². The Hall–Kier alpha value is -0.120. The summed E-state index contributed by atoms with van der Waals surface area (Å²) >= 11 is 0. The summed E-state index contributed by atoms with van der Waals surface area (Å²) < 4.78 is 0. The van der Waals surface area contributed by atoms with Crippen molar-refractivity contribution in [3.05, 3.63) is 0 Å². The molecular weight excluding hydrogens is 246 g/mol. The summed E-state index contributed by atoms with van der Waals surface area (Å²) in [7, 11) is 2.27. The molecule has 1 saturated heterocycles. The lowest BCUT2D eigenvalue weighted by molar-refractivity contribution is 0.0424. The molecular formula is C17H35N3. The average Bonchev–Trinajstić information content (AvgIpc) is 2.52. The molecule has 0 bridgehead atoms. The van der Waals surface area contributed by atoms with Crippen molar-refractivity contribution in [3.63, 3.8) is 0 Å². The van der Waals surface area contributed by atoms with E-state index < -0.39 is 0 Å². The van der Waals surface area contributed by atoms with Gasteiger partial charge < -0.3 is 10.2 Å². The van der Waals surface area contributed by atoms with Crippen molar-refractivity contribution in [2.24, 2.45) is 5.41 Å². The van der Waals surface area contributed by atoms with E-state index in [2.05, 4.69) is 49.9 Å². The van der Waals surface area contributed by atoms with Crippen LogP contribution in [0.3, 0.4) is 0 Å². The van der Waals surface area contributed by atoms with E-state index in [-0.39, 0.29) is 0 Å². The van der Waals surface area contributed by atoms with Gasteiger partial charge in [0, 0.05) is 31.2 Å². The van der Waals surface area contributed by atoms with Gasteiger partial charge in [0.25, 0.3) is 0 Å². The van der Waals surface area contributed by atoms with Crippen LogP contribution in [0.5, 0.6) is 0 Å². The van der Waals surface area contributed by atoms with E-state index in [1.807, 2.05) is 0 Å². The molecule has 2 aliphatic rings. The van der Waals surface area contributed by atoms with E-state index in [1.54, 1.807) is 0 Å². The molecule has 3 nitrogen and oxygen atoms in total. The Morgan fingerprint density at radius 3 is 2.70 bits per heavy atom. The van der Waals surface area contributed by atoms with Crippen LogP contribution in [0, 0.1) is 5.41 Å². The summed E-state index contributed by atoms with van der Waals surface area (Å²) in [6.45, 7) is 14.4.